The first kappa shape index (κ1) is 14.8. The van der Waals surface area contributed by atoms with Crippen LogP contribution in [0.3, 0.4) is 0 Å². The Balaban J connectivity index is 2.03. The van der Waals surface area contributed by atoms with Gasteiger partial charge in [0.25, 0.3) is 0 Å². The van der Waals surface area contributed by atoms with Crippen molar-refractivity contribution >= 4 is 34.7 Å². The van der Waals surface area contributed by atoms with Crippen LogP contribution >= 0.6 is 11.6 Å². The maximum Gasteiger partial charge on any atom is 0.212 e. The van der Waals surface area contributed by atoms with Crippen molar-refractivity contribution in [2.24, 2.45) is 0 Å². The fraction of sp³-hybridized carbons (Fsp3) is 0.150. The van der Waals surface area contributed by atoms with Crippen LogP contribution in [0.15, 0.2) is 54.6 Å². The SMILES string of the molecule is CC[n+]1c(/C=C/c2ccc(Cl)cc2)ccc2cc(C)ccc21. The van der Waals surface area contributed by atoms with Gasteiger partial charge in [-0.2, -0.15) is 4.57 Å². The minimum Gasteiger partial charge on any atom is -0.192 e. The number of rotatable bonds is 3. The van der Waals surface area contributed by atoms with Gasteiger partial charge in [0, 0.05) is 28.6 Å². The Kier molecular flexibility index (Phi) is 4.26. The van der Waals surface area contributed by atoms with E-state index < -0.39 is 0 Å². The van der Waals surface area contributed by atoms with Crippen molar-refractivity contribution in [3.8, 4) is 0 Å². The highest BCUT2D eigenvalue weighted by molar-refractivity contribution is 6.30. The van der Waals surface area contributed by atoms with Crippen LogP contribution < -0.4 is 4.57 Å². The van der Waals surface area contributed by atoms with Crippen molar-refractivity contribution in [2.75, 3.05) is 0 Å². The molecule has 2 aromatic carbocycles. The molecule has 0 bridgehead atoms. The molecule has 1 nitrogen and oxygen atoms in total. The van der Waals surface area contributed by atoms with E-state index in [1.807, 2.05) is 24.3 Å². The topological polar surface area (TPSA) is 3.88 Å². The molecule has 0 N–H and O–H groups in total. The first-order valence-electron chi connectivity index (χ1n) is 7.54. The number of aromatic nitrogens is 1. The minimum absolute atomic E-state index is 0.766. The van der Waals surface area contributed by atoms with Crippen molar-refractivity contribution in [1.29, 1.82) is 0 Å². The summed E-state index contributed by atoms with van der Waals surface area (Å²) in [5, 5.41) is 2.05. The van der Waals surface area contributed by atoms with Gasteiger partial charge in [0.2, 0.25) is 11.2 Å². The van der Waals surface area contributed by atoms with Gasteiger partial charge in [0.15, 0.2) is 0 Å². The van der Waals surface area contributed by atoms with Crippen molar-refractivity contribution in [1.82, 2.24) is 0 Å². The molecule has 0 aliphatic carbocycles. The van der Waals surface area contributed by atoms with Gasteiger partial charge in [0.1, 0.15) is 6.54 Å². The van der Waals surface area contributed by atoms with Gasteiger partial charge < -0.3 is 0 Å². The van der Waals surface area contributed by atoms with Crippen LogP contribution in [0.4, 0.5) is 0 Å². The van der Waals surface area contributed by atoms with Crippen molar-refractivity contribution in [3.63, 3.8) is 0 Å². The quantitative estimate of drug-likeness (QED) is 0.580. The standard InChI is InChI=1S/C20H19ClN/c1-3-22-19(11-7-16-5-9-18(21)10-6-16)12-8-17-14-15(2)4-13-20(17)22/h4-14H,3H2,1-2H3/q+1/b11-7+. The molecule has 0 atom stereocenters. The van der Waals surface area contributed by atoms with Gasteiger partial charge >= 0.3 is 0 Å². The summed E-state index contributed by atoms with van der Waals surface area (Å²) in [5.41, 5.74) is 4.91. The smallest absolute Gasteiger partial charge is 0.192 e. The molecule has 0 saturated heterocycles. The van der Waals surface area contributed by atoms with E-state index in [-0.39, 0.29) is 0 Å². The molecule has 0 spiro atoms. The van der Waals surface area contributed by atoms with Crippen LogP contribution in [0, 0.1) is 6.92 Å². The van der Waals surface area contributed by atoms with E-state index in [9.17, 15) is 0 Å². The van der Waals surface area contributed by atoms with Crippen LogP contribution in [0.5, 0.6) is 0 Å². The molecule has 0 unspecified atom stereocenters. The van der Waals surface area contributed by atoms with Crippen molar-refractivity contribution in [2.45, 2.75) is 20.4 Å². The lowest BCUT2D eigenvalue weighted by molar-refractivity contribution is -0.669. The average molecular weight is 309 g/mol. The monoisotopic (exact) mass is 308 g/mol. The van der Waals surface area contributed by atoms with Gasteiger partial charge in [-0.15, -0.1) is 0 Å². The van der Waals surface area contributed by atoms with E-state index in [0.29, 0.717) is 0 Å². The molecule has 0 amide bonds. The summed E-state index contributed by atoms with van der Waals surface area (Å²) in [6.07, 6.45) is 4.28. The van der Waals surface area contributed by atoms with E-state index >= 15 is 0 Å². The molecule has 3 rings (SSSR count). The second-order valence-electron chi connectivity index (χ2n) is 5.45. The number of nitrogens with zero attached hydrogens (tertiary/aromatic N) is 1. The Hall–Kier alpha value is -2.12. The summed E-state index contributed by atoms with van der Waals surface area (Å²) in [6.45, 7) is 5.25. The molecule has 0 aliphatic heterocycles. The summed E-state index contributed by atoms with van der Waals surface area (Å²) in [7, 11) is 0. The summed E-state index contributed by atoms with van der Waals surface area (Å²) in [6, 6.07) is 18.9. The first-order valence-corrected chi connectivity index (χ1v) is 7.92. The second kappa shape index (κ2) is 6.33. The summed E-state index contributed by atoms with van der Waals surface area (Å²) in [4.78, 5) is 0. The predicted molar refractivity (Wildman–Crippen MR) is 94.9 cm³/mol. The molecule has 22 heavy (non-hydrogen) atoms. The predicted octanol–water partition coefficient (Wildman–Crippen LogP) is 5.28. The maximum atomic E-state index is 5.93. The van der Waals surface area contributed by atoms with E-state index in [1.54, 1.807) is 0 Å². The Morgan fingerprint density at radius 2 is 1.73 bits per heavy atom. The summed E-state index contributed by atoms with van der Waals surface area (Å²) >= 11 is 5.93. The van der Waals surface area contributed by atoms with E-state index in [0.717, 1.165) is 17.1 Å². The molecule has 0 aliphatic rings. The third-order valence-corrected chi connectivity index (χ3v) is 4.10. The van der Waals surface area contributed by atoms with Crippen LogP contribution in [0.1, 0.15) is 23.7 Å². The largest absolute Gasteiger partial charge is 0.212 e. The lowest BCUT2D eigenvalue weighted by atomic mass is 10.1. The highest BCUT2D eigenvalue weighted by atomic mass is 35.5. The van der Waals surface area contributed by atoms with E-state index in [4.69, 9.17) is 11.6 Å². The zero-order chi connectivity index (χ0) is 15.5. The van der Waals surface area contributed by atoms with Crippen LogP contribution in [-0.2, 0) is 6.54 Å². The zero-order valence-corrected chi connectivity index (χ0v) is 13.6. The van der Waals surface area contributed by atoms with Crippen molar-refractivity contribution < 1.29 is 4.57 Å². The number of benzene rings is 2. The third kappa shape index (κ3) is 3.05. The first-order chi connectivity index (χ1) is 10.7. The molecular weight excluding hydrogens is 290 g/mol. The molecule has 1 heterocycles. The number of pyridine rings is 1. The molecule has 0 saturated carbocycles. The summed E-state index contributed by atoms with van der Waals surface area (Å²) in [5.74, 6) is 0. The normalized spacial score (nSPS) is 11.4. The highest BCUT2D eigenvalue weighted by Crippen LogP contribution is 2.16. The van der Waals surface area contributed by atoms with Gasteiger partial charge in [0.05, 0.1) is 0 Å². The number of hydrogen-bond donors (Lipinski definition) is 0. The Morgan fingerprint density at radius 1 is 0.955 bits per heavy atom. The van der Waals surface area contributed by atoms with Crippen molar-refractivity contribution in [3.05, 3.63) is 76.4 Å². The number of fused-ring (bicyclic) bond motifs is 1. The number of hydrogen-bond acceptors (Lipinski definition) is 0. The minimum atomic E-state index is 0.766. The Labute approximate surface area is 136 Å². The lowest BCUT2D eigenvalue weighted by Crippen LogP contribution is -2.36. The molecular formula is C20H19ClN+. The van der Waals surface area contributed by atoms with Crippen LogP contribution in [-0.4, -0.2) is 0 Å². The lowest BCUT2D eigenvalue weighted by Gasteiger charge is -2.04. The van der Waals surface area contributed by atoms with E-state index in [1.165, 1.54) is 22.2 Å². The molecule has 0 fully saturated rings. The second-order valence-corrected chi connectivity index (χ2v) is 5.89. The Morgan fingerprint density at radius 3 is 2.45 bits per heavy atom. The molecule has 0 radical (unpaired) electrons. The number of aryl methyl sites for hydroxylation is 2. The fourth-order valence-electron chi connectivity index (χ4n) is 2.71. The molecule has 110 valence electrons. The van der Waals surface area contributed by atoms with Gasteiger partial charge in [-0.05, 0) is 49.8 Å². The van der Waals surface area contributed by atoms with Crippen LogP contribution in [0.25, 0.3) is 23.1 Å². The van der Waals surface area contributed by atoms with Gasteiger partial charge in [-0.3, -0.25) is 0 Å². The number of halogens is 1. The molecule has 1 aromatic heterocycles. The van der Waals surface area contributed by atoms with E-state index in [2.05, 4.69) is 60.9 Å². The highest BCUT2D eigenvalue weighted by Gasteiger charge is 2.11. The maximum absolute atomic E-state index is 5.93. The van der Waals surface area contributed by atoms with Gasteiger partial charge in [-0.25, -0.2) is 0 Å². The summed E-state index contributed by atoms with van der Waals surface area (Å²) < 4.78 is 2.33. The average Bonchev–Trinajstić information content (AvgIpc) is 2.53. The zero-order valence-electron chi connectivity index (χ0n) is 12.9. The fourth-order valence-corrected chi connectivity index (χ4v) is 2.84. The third-order valence-electron chi connectivity index (χ3n) is 3.85. The van der Waals surface area contributed by atoms with Crippen LogP contribution in [0.2, 0.25) is 5.02 Å². The molecule has 2 heteroatoms. The van der Waals surface area contributed by atoms with Gasteiger partial charge in [-0.1, -0.05) is 35.4 Å². The Bertz CT molecular complexity index is 832. The molecule has 3 aromatic rings.